The molecule has 0 radical (unpaired) electrons. The molecule has 2 rings (SSSR count). The molecule has 0 amide bonds. The van der Waals surface area contributed by atoms with Gasteiger partial charge >= 0.3 is 0 Å². The molecule has 0 saturated heterocycles. The van der Waals surface area contributed by atoms with Crippen LogP contribution in [0.3, 0.4) is 0 Å². The van der Waals surface area contributed by atoms with Gasteiger partial charge in [0.2, 0.25) is 0 Å². The van der Waals surface area contributed by atoms with Crippen molar-refractivity contribution in [2.24, 2.45) is 0 Å². The molecule has 10 heavy (non-hydrogen) atoms. The molecule has 50 valence electrons. The van der Waals surface area contributed by atoms with Gasteiger partial charge in [-0.15, -0.1) is 8.19 Å². The quantitative estimate of drug-likeness (QED) is 0.619. The third-order valence-corrected chi connectivity index (χ3v) is 8.67. The summed E-state index contributed by atoms with van der Waals surface area (Å²) in [6.07, 6.45) is 0. The summed E-state index contributed by atoms with van der Waals surface area (Å²) in [5, 5.41) is 0. The van der Waals surface area contributed by atoms with Crippen molar-refractivity contribution >= 4 is 32.1 Å². The average Bonchev–Trinajstić information content (AvgIpc) is 2.59. The maximum atomic E-state index is 2.43. The van der Waals surface area contributed by atoms with E-state index in [1.165, 1.54) is 16.4 Å². The molecular formula is C6H6P4. The lowest BCUT2D eigenvalue weighted by Gasteiger charge is -1.87. The van der Waals surface area contributed by atoms with Gasteiger partial charge in [0, 0.05) is 4.77 Å². The largest absolute Gasteiger partial charge is 0.122 e. The zero-order chi connectivity index (χ0) is 6.81. The lowest BCUT2D eigenvalue weighted by atomic mass is 11.2. The first-order valence-corrected chi connectivity index (χ1v) is 7.50. The van der Waals surface area contributed by atoms with Crippen molar-refractivity contribution in [3.63, 3.8) is 0 Å². The first-order valence-electron chi connectivity index (χ1n) is 2.94. The third kappa shape index (κ3) is 1.37. The molecule has 2 atom stereocenters. The fourth-order valence-electron chi connectivity index (χ4n) is 0.783. The van der Waals surface area contributed by atoms with Crippen LogP contribution in [0.25, 0.3) is 4.77 Å². The Bertz CT molecular complexity index is 249. The van der Waals surface area contributed by atoms with Crippen LogP contribution in [0, 0.1) is 0 Å². The van der Waals surface area contributed by atoms with Gasteiger partial charge in [0.05, 0.1) is 0 Å². The summed E-state index contributed by atoms with van der Waals surface area (Å²) in [6, 6.07) is 0. The predicted molar refractivity (Wildman–Crippen MR) is 55.0 cm³/mol. The standard InChI is InChI=1S/C6H6P4/c1-2-9-6(8-1)10-4-3-7-5-10/h1-5,8H. The van der Waals surface area contributed by atoms with Gasteiger partial charge in [-0.3, -0.25) is 0 Å². The van der Waals surface area contributed by atoms with Gasteiger partial charge in [0.15, 0.2) is 0 Å². The Labute approximate surface area is 66.0 Å². The fourth-order valence-corrected chi connectivity index (χ4v) is 8.03. The number of hydrogen-bond acceptors (Lipinski definition) is 0. The van der Waals surface area contributed by atoms with Crippen molar-refractivity contribution in [3.8, 4) is 4.77 Å². The summed E-state index contributed by atoms with van der Waals surface area (Å²) in [5.41, 5.74) is 2.43. The minimum absolute atomic E-state index is 0.0900. The lowest BCUT2D eigenvalue weighted by Crippen LogP contribution is -1.33. The molecule has 0 aromatic carbocycles. The van der Waals surface area contributed by atoms with Crippen LogP contribution < -0.4 is 0 Å². The van der Waals surface area contributed by atoms with E-state index in [0.29, 0.717) is 0 Å². The van der Waals surface area contributed by atoms with E-state index in [0.717, 1.165) is 8.19 Å². The Morgan fingerprint density at radius 1 is 1.40 bits per heavy atom. The van der Waals surface area contributed by atoms with Crippen LogP contribution in [0.5, 0.6) is 0 Å². The zero-order valence-electron chi connectivity index (χ0n) is 5.23. The second kappa shape index (κ2) is 3.21. The van der Waals surface area contributed by atoms with Crippen molar-refractivity contribution in [3.05, 3.63) is 28.7 Å². The monoisotopic (exact) mass is 202 g/mol. The Hall–Kier alpha value is 0.420. The van der Waals surface area contributed by atoms with E-state index in [4.69, 9.17) is 0 Å². The maximum Gasteiger partial charge on any atom is 0.0413 e. The van der Waals surface area contributed by atoms with Crippen molar-refractivity contribution in [2.45, 2.75) is 0 Å². The van der Waals surface area contributed by atoms with Crippen LogP contribution in [0.4, 0.5) is 0 Å². The van der Waals surface area contributed by atoms with Gasteiger partial charge in [0.25, 0.3) is 0 Å². The topological polar surface area (TPSA) is 0 Å². The molecular weight excluding hydrogens is 196 g/mol. The molecule has 0 nitrogen and oxygen atoms in total. The molecule has 4 heteroatoms. The van der Waals surface area contributed by atoms with Crippen LogP contribution in [0.2, 0.25) is 0 Å². The van der Waals surface area contributed by atoms with Crippen LogP contribution in [0.15, 0.2) is 28.7 Å². The molecule has 0 bridgehead atoms. The van der Waals surface area contributed by atoms with Gasteiger partial charge in [-0.2, -0.15) is 0 Å². The van der Waals surface area contributed by atoms with Crippen molar-refractivity contribution in [1.29, 1.82) is 0 Å². The highest BCUT2D eigenvalue weighted by Gasteiger charge is 1.93. The fraction of sp³-hybridized carbons (Fsp3) is 0. The summed E-state index contributed by atoms with van der Waals surface area (Å²) in [5.74, 6) is 9.21. The maximum absolute atomic E-state index is 2.43. The minimum atomic E-state index is 0.0900. The molecule has 0 aliphatic heterocycles. The summed E-state index contributed by atoms with van der Waals surface area (Å²) in [6.45, 7) is 0. The molecule has 2 aromatic heterocycles. The SMILES string of the molecule is c1cp(-c2pcc[pH]2)cp1. The van der Waals surface area contributed by atoms with Gasteiger partial charge in [-0.25, -0.2) is 0 Å². The van der Waals surface area contributed by atoms with Crippen LogP contribution in [-0.4, -0.2) is 0 Å². The van der Waals surface area contributed by atoms with E-state index >= 15 is 0 Å². The highest BCUT2D eigenvalue weighted by Crippen LogP contribution is 2.51. The van der Waals surface area contributed by atoms with E-state index in [-0.39, 0.29) is 7.53 Å². The third-order valence-electron chi connectivity index (χ3n) is 1.23. The van der Waals surface area contributed by atoms with Gasteiger partial charge in [0.1, 0.15) is 0 Å². The van der Waals surface area contributed by atoms with Crippen LogP contribution in [-0.2, 0) is 0 Å². The average molecular weight is 202 g/mol. The van der Waals surface area contributed by atoms with E-state index < -0.39 is 0 Å². The highest BCUT2D eigenvalue weighted by atomic mass is 31.2. The van der Waals surface area contributed by atoms with Gasteiger partial charge in [-0.05, 0) is 28.7 Å². The number of hydrogen-bond donors (Lipinski definition) is 0. The van der Waals surface area contributed by atoms with Gasteiger partial charge < -0.3 is 0 Å². The first kappa shape index (κ1) is 7.09. The molecule has 0 aliphatic rings. The summed E-state index contributed by atoms with van der Waals surface area (Å²) in [4.78, 5) is 0. The molecule has 2 heterocycles. The van der Waals surface area contributed by atoms with E-state index in [1.807, 2.05) is 0 Å². The molecule has 0 spiro atoms. The molecule has 2 aromatic rings. The Morgan fingerprint density at radius 3 is 3.00 bits per heavy atom. The Morgan fingerprint density at radius 2 is 2.40 bits per heavy atom. The number of rotatable bonds is 1. The van der Waals surface area contributed by atoms with Crippen molar-refractivity contribution in [2.75, 3.05) is 0 Å². The van der Waals surface area contributed by atoms with Crippen molar-refractivity contribution < 1.29 is 0 Å². The molecule has 0 aliphatic carbocycles. The second-order valence-electron chi connectivity index (χ2n) is 1.88. The molecule has 0 saturated carbocycles. The molecule has 2 unspecified atom stereocenters. The first-order chi connectivity index (χ1) is 4.97. The van der Waals surface area contributed by atoms with Crippen LogP contribution >= 0.6 is 32.1 Å². The summed E-state index contributed by atoms with van der Waals surface area (Å²) >= 11 is 0. The highest BCUT2D eigenvalue weighted by molar-refractivity contribution is 7.80. The second-order valence-corrected chi connectivity index (χ2v) is 8.28. The summed E-state index contributed by atoms with van der Waals surface area (Å²) < 4.78 is 1.73. The summed E-state index contributed by atoms with van der Waals surface area (Å²) in [7, 11) is 3.98. The minimum Gasteiger partial charge on any atom is -0.122 e. The smallest absolute Gasteiger partial charge is 0.0413 e. The zero-order valence-corrected chi connectivity index (χ0v) is 8.91. The molecule has 0 fully saturated rings. The Balaban J connectivity index is 2.48. The van der Waals surface area contributed by atoms with Gasteiger partial charge in [-0.1, -0.05) is 23.9 Å². The lowest BCUT2D eigenvalue weighted by molar-refractivity contribution is 2.37. The Kier molecular flexibility index (Phi) is 2.28. The predicted octanol–water partition coefficient (Wildman–Crippen LogP) is 4.85. The van der Waals surface area contributed by atoms with E-state index in [9.17, 15) is 0 Å². The van der Waals surface area contributed by atoms with E-state index in [2.05, 4.69) is 28.7 Å². The van der Waals surface area contributed by atoms with Crippen LogP contribution in [0.1, 0.15) is 0 Å². The molecule has 0 N–H and O–H groups in total. The van der Waals surface area contributed by atoms with E-state index in [1.54, 1.807) is 4.77 Å². The van der Waals surface area contributed by atoms with Crippen molar-refractivity contribution in [1.82, 2.24) is 0 Å². The normalized spacial score (nSPS) is 14.2.